The highest BCUT2D eigenvalue weighted by Gasteiger charge is 2.25. The average Bonchev–Trinajstić information content (AvgIpc) is 3.10. The van der Waals surface area contributed by atoms with Gasteiger partial charge in [-0.3, -0.25) is 14.3 Å². The molecule has 0 heterocycles. The standard InChI is InChI=1S/C38H46N4O6S/c1-6-49(46,47)42-32-21-30(37(44)40-27(4)34-18-11-10-13-25(34)2)20-31(22-32)38(45)41-35(19-28-14-8-7-9-15-28)36(43)24-39-26(3)29-16-12-17-33(23-29)48-5/h7-18,20-23,26-27,35-36,39,42-43H,6,19,24H2,1-5H3,(H,40,44)(H,41,45)/t26-,27?,35+,36-/m1/s1. The van der Waals surface area contributed by atoms with E-state index in [1.165, 1.54) is 25.1 Å². The van der Waals surface area contributed by atoms with E-state index in [2.05, 4.69) is 20.7 Å². The van der Waals surface area contributed by atoms with Crippen LogP contribution in [0.25, 0.3) is 0 Å². The molecule has 1 unspecified atom stereocenters. The lowest BCUT2D eigenvalue weighted by Gasteiger charge is -2.26. The highest BCUT2D eigenvalue weighted by atomic mass is 32.2. The average molecular weight is 687 g/mol. The van der Waals surface area contributed by atoms with Crippen molar-refractivity contribution in [2.45, 2.75) is 58.3 Å². The second-order valence-electron chi connectivity index (χ2n) is 12.1. The predicted molar refractivity (Wildman–Crippen MR) is 193 cm³/mol. The number of nitrogens with one attached hydrogen (secondary N) is 4. The summed E-state index contributed by atoms with van der Waals surface area (Å²) < 4.78 is 32.8. The van der Waals surface area contributed by atoms with Crippen LogP contribution in [0.4, 0.5) is 5.69 Å². The number of amides is 2. The van der Waals surface area contributed by atoms with Crippen molar-refractivity contribution < 1.29 is 27.9 Å². The summed E-state index contributed by atoms with van der Waals surface area (Å²) in [7, 11) is -2.11. The van der Waals surface area contributed by atoms with E-state index >= 15 is 0 Å². The Kier molecular flexibility index (Phi) is 13.0. The van der Waals surface area contributed by atoms with Gasteiger partial charge in [0.05, 0.1) is 36.7 Å². The molecule has 10 nitrogen and oxygen atoms in total. The smallest absolute Gasteiger partial charge is 0.251 e. The number of anilines is 1. The molecule has 5 N–H and O–H groups in total. The molecular formula is C38H46N4O6S. The molecular weight excluding hydrogens is 641 g/mol. The zero-order valence-corrected chi connectivity index (χ0v) is 29.4. The van der Waals surface area contributed by atoms with E-state index in [-0.39, 0.29) is 41.2 Å². The van der Waals surface area contributed by atoms with Gasteiger partial charge < -0.3 is 25.8 Å². The maximum absolute atomic E-state index is 13.9. The van der Waals surface area contributed by atoms with Crippen LogP contribution in [0.15, 0.2) is 97.1 Å². The molecule has 0 spiro atoms. The maximum Gasteiger partial charge on any atom is 0.251 e. The first-order chi connectivity index (χ1) is 23.4. The molecule has 4 aromatic carbocycles. The number of rotatable bonds is 16. The van der Waals surface area contributed by atoms with Crippen LogP contribution < -0.4 is 25.4 Å². The fourth-order valence-corrected chi connectivity index (χ4v) is 6.12. The van der Waals surface area contributed by atoms with Gasteiger partial charge in [-0.15, -0.1) is 0 Å². The highest BCUT2D eigenvalue weighted by Crippen LogP contribution is 2.22. The highest BCUT2D eigenvalue weighted by molar-refractivity contribution is 7.92. The first kappa shape index (κ1) is 37.1. The number of hydrogen-bond acceptors (Lipinski definition) is 7. The van der Waals surface area contributed by atoms with Crippen molar-refractivity contribution in [2.24, 2.45) is 0 Å². The molecule has 0 saturated heterocycles. The van der Waals surface area contributed by atoms with Crippen LogP contribution in [0, 0.1) is 6.92 Å². The normalized spacial score (nSPS) is 13.8. The molecule has 4 rings (SSSR count). The summed E-state index contributed by atoms with van der Waals surface area (Å²) in [6.45, 7) is 7.44. The second kappa shape index (κ2) is 17.1. The lowest BCUT2D eigenvalue weighted by Crippen LogP contribution is -2.49. The van der Waals surface area contributed by atoms with Crippen molar-refractivity contribution in [3.8, 4) is 5.75 Å². The summed E-state index contributed by atoms with van der Waals surface area (Å²) >= 11 is 0. The van der Waals surface area contributed by atoms with E-state index in [0.717, 1.165) is 28.0 Å². The number of aliphatic hydroxyl groups is 1. The third-order valence-corrected chi connectivity index (χ3v) is 9.73. The predicted octanol–water partition coefficient (Wildman–Crippen LogP) is 5.31. The van der Waals surface area contributed by atoms with Gasteiger partial charge in [-0.25, -0.2) is 8.42 Å². The zero-order chi connectivity index (χ0) is 35.6. The molecule has 11 heteroatoms. The van der Waals surface area contributed by atoms with Gasteiger partial charge >= 0.3 is 0 Å². The Bertz CT molecular complexity index is 1830. The molecule has 0 fully saturated rings. The Labute approximate surface area is 289 Å². The van der Waals surface area contributed by atoms with E-state index in [1.807, 2.05) is 99.6 Å². The van der Waals surface area contributed by atoms with Gasteiger partial charge in [-0.05, 0) is 86.7 Å². The van der Waals surface area contributed by atoms with Crippen LogP contribution >= 0.6 is 0 Å². The summed E-state index contributed by atoms with van der Waals surface area (Å²) in [5, 5.41) is 20.7. The number of ether oxygens (including phenoxy) is 1. The third-order valence-electron chi connectivity index (χ3n) is 8.42. The fraction of sp³-hybridized carbons (Fsp3) is 0.316. The largest absolute Gasteiger partial charge is 0.497 e. The Hall–Kier alpha value is -4.71. The lowest BCUT2D eigenvalue weighted by atomic mass is 9.99. The first-order valence-corrected chi connectivity index (χ1v) is 18.0. The lowest BCUT2D eigenvalue weighted by molar-refractivity contribution is 0.0825. The molecule has 0 radical (unpaired) electrons. The van der Waals surface area contributed by atoms with E-state index in [4.69, 9.17) is 4.74 Å². The number of aryl methyl sites for hydroxylation is 1. The van der Waals surface area contributed by atoms with Crippen LogP contribution in [-0.4, -0.2) is 56.9 Å². The summed E-state index contributed by atoms with van der Waals surface area (Å²) in [5.41, 5.74) is 4.08. The molecule has 0 aliphatic heterocycles. The Morgan fingerprint density at radius 1 is 0.816 bits per heavy atom. The monoisotopic (exact) mass is 686 g/mol. The van der Waals surface area contributed by atoms with Gasteiger partial charge in [-0.1, -0.05) is 66.7 Å². The van der Waals surface area contributed by atoms with Crippen LogP contribution in [0.2, 0.25) is 0 Å². The van der Waals surface area contributed by atoms with Crippen molar-refractivity contribution in [2.75, 3.05) is 24.1 Å². The van der Waals surface area contributed by atoms with Crippen LogP contribution in [0.5, 0.6) is 5.75 Å². The summed E-state index contributed by atoms with van der Waals surface area (Å²) in [6.07, 6.45) is -0.677. The fourth-order valence-electron chi connectivity index (χ4n) is 5.50. The van der Waals surface area contributed by atoms with Gasteiger partial charge in [0, 0.05) is 23.7 Å². The van der Waals surface area contributed by atoms with Crippen molar-refractivity contribution >= 4 is 27.5 Å². The van der Waals surface area contributed by atoms with Crippen molar-refractivity contribution in [3.63, 3.8) is 0 Å². The number of hydrogen-bond donors (Lipinski definition) is 5. The number of methoxy groups -OCH3 is 1. The minimum atomic E-state index is -3.72. The van der Waals surface area contributed by atoms with Crippen LogP contribution in [-0.2, 0) is 16.4 Å². The molecule has 4 aromatic rings. The van der Waals surface area contributed by atoms with Crippen LogP contribution in [0.1, 0.15) is 75.8 Å². The van der Waals surface area contributed by atoms with Crippen molar-refractivity contribution in [3.05, 3.63) is 130 Å². The molecule has 0 aliphatic carbocycles. The summed E-state index contributed by atoms with van der Waals surface area (Å²) in [6, 6.07) is 27.8. The molecule has 2 amide bonds. The summed E-state index contributed by atoms with van der Waals surface area (Å²) in [4.78, 5) is 27.4. The van der Waals surface area contributed by atoms with E-state index in [0.29, 0.717) is 6.42 Å². The quantitative estimate of drug-likeness (QED) is 0.107. The van der Waals surface area contributed by atoms with E-state index < -0.39 is 34.0 Å². The van der Waals surface area contributed by atoms with Crippen LogP contribution in [0.3, 0.4) is 0 Å². The Morgan fingerprint density at radius 3 is 2.12 bits per heavy atom. The molecule has 260 valence electrons. The maximum atomic E-state index is 13.9. The first-order valence-electron chi connectivity index (χ1n) is 16.3. The topological polar surface area (TPSA) is 146 Å². The Balaban J connectivity index is 1.59. The minimum absolute atomic E-state index is 0.0629. The molecule has 0 bridgehead atoms. The second-order valence-corrected chi connectivity index (χ2v) is 14.1. The number of carbonyl (C=O) groups excluding carboxylic acids is 2. The van der Waals surface area contributed by atoms with E-state index in [1.54, 1.807) is 7.11 Å². The molecule has 49 heavy (non-hydrogen) atoms. The van der Waals surface area contributed by atoms with Crippen molar-refractivity contribution in [1.29, 1.82) is 0 Å². The minimum Gasteiger partial charge on any atom is -0.497 e. The number of sulfonamides is 1. The van der Waals surface area contributed by atoms with Gasteiger partial charge in [0.1, 0.15) is 5.75 Å². The molecule has 4 atom stereocenters. The third kappa shape index (κ3) is 10.6. The van der Waals surface area contributed by atoms with E-state index in [9.17, 15) is 23.1 Å². The van der Waals surface area contributed by atoms with Gasteiger partial charge in [0.15, 0.2) is 0 Å². The Morgan fingerprint density at radius 2 is 1.47 bits per heavy atom. The van der Waals surface area contributed by atoms with Gasteiger partial charge in [-0.2, -0.15) is 0 Å². The zero-order valence-electron chi connectivity index (χ0n) is 28.6. The number of benzene rings is 4. The molecule has 0 aromatic heterocycles. The van der Waals surface area contributed by atoms with Gasteiger partial charge in [0.2, 0.25) is 10.0 Å². The number of aliphatic hydroxyl groups excluding tert-OH is 1. The SMILES string of the molecule is CCS(=O)(=O)Nc1cc(C(=O)NC(C)c2ccccc2C)cc(C(=O)N[C@@H](Cc2ccccc2)[C@H](O)CN[C@H](C)c2cccc(OC)c2)c1. The molecule has 0 saturated carbocycles. The van der Waals surface area contributed by atoms with Gasteiger partial charge in [0.25, 0.3) is 11.8 Å². The summed E-state index contributed by atoms with van der Waals surface area (Å²) in [5.74, 6) is -0.512. The number of carbonyl (C=O) groups is 2. The molecule has 0 aliphatic rings. The van der Waals surface area contributed by atoms with Crippen molar-refractivity contribution in [1.82, 2.24) is 16.0 Å².